The summed E-state index contributed by atoms with van der Waals surface area (Å²) in [6.07, 6.45) is 1.70. The number of anilines is 1. The molecule has 7 nitrogen and oxygen atoms in total. The minimum atomic E-state index is -0.443. The van der Waals surface area contributed by atoms with E-state index in [2.05, 4.69) is 20.6 Å². The first kappa shape index (κ1) is 13.9. The molecule has 1 N–H and O–H groups in total. The van der Waals surface area contributed by atoms with E-state index in [1.807, 2.05) is 6.92 Å². The highest BCUT2D eigenvalue weighted by atomic mass is 19.1. The molecule has 0 radical (unpaired) electrons. The Morgan fingerprint density at radius 1 is 1.27 bits per heavy atom. The van der Waals surface area contributed by atoms with Gasteiger partial charge in [-0.25, -0.2) is 4.39 Å². The van der Waals surface area contributed by atoms with Crippen LogP contribution in [0.4, 0.5) is 10.4 Å². The van der Waals surface area contributed by atoms with Crippen LogP contribution in [0, 0.1) is 5.82 Å². The summed E-state index contributed by atoms with van der Waals surface area (Å²) in [6.45, 7) is 2.59. The SMILES string of the molecule is CCn1ccc(C(=O)Nc2nnc(-c3ccc(F)cc3)o2)n1. The molecule has 1 aromatic carbocycles. The second-order valence-electron chi connectivity index (χ2n) is 4.43. The Kier molecular flexibility index (Phi) is 3.65. The Morgan fingerprint density at radius 2 is 2.05 bits per heavy atom. The zero-order chi connectivity index (χ0) is 15.5. The molecule has 0 bridgehead atoms. The van der Waals surface area contributed by atoms with E-state index in [9.17, 15) is 9.18 Å². The molecule has 0 atom stereocenters. The molecule has 0 aliphatic heterocycles. The Morgan fingerprint density at radius 3 is 2.73 bits per heavy atom. The van der Waals surface area contributed by atoms with Gasteiger partial charge in [-0.3, -0.25) is 14.8 Å². The summed E-state index contributed by atoms with van der Waals surface area (Å²) < 4.78 is 19.8. The van der Waals surface area contributed by atoms with E-state index in [1.165, 1.54) is 24.3 Å². The van der Waals surface area contributed by atoms with Gasteiger partial charge >= 0.3 is 6.01 Å². The predicted octanol–water partition coefficient (Wildman–Crippen LogP) is 2.34. The number of halogens is 1. The van der Waals surface area contributed by atoms with Crippen molar-refractivity contribution in [1.29, 1.82) is 0 Å². The lowest BCUT2D eigenvalue weighted by Gasteiger charge is -1.97. The lowest BCUT2D eigenvalue weighted by molar-refractivity contribution is 0.101. The van der Waals surface area contributed by atoms with Gasteiger partial charge in [0, 0.05) is 18.3 Å². The van der Waals surface area contributed by atoms with Gasteiger partial charge in [-0.15, -0.1) is 5.10 Å². The maximum Gasteiger partial charge on any atom is 0.322 e. The standard InChI is InChI=1S/C14H12FN5O2/c1-2-20-8-7-11(19-20)12(21)16-14-18-17-13(22-14)9-3-5-10(15)6-4-9/h3-8H,2H2,1H3,(H,16,18,21). The molecule has 22 heavy (non-hydrogen) atoms. The molecule has 0 saturated heterocycles. The number of hydrogen-bond acceptors (Lipinski definition) is 5. The summed E-state index contributed by atoms with van der Waals surface area (Å²) in [5, 5.41) is 14.1. The van der Waals surface area contributed by atoms with E-state index < -0.39 is 5.91 Å². The third kappa shape index (κ3) is 2.85. The quantitative estimate of drug-likeness (QED) is 0.799. The van der Waals surface area contributed by atoms with Crippen LogP contribution in [0.2, 0.25) is 0 Å². The van der Waals surface area contributed by atoms with Gasteiger partial charge in [-0.05, 0) is 37.3 Å². The molecule has 2 aromatic heterocycles. The molecule has 3 rings (SSSR count). The van der Waals surface area contributed by atoms with Crippen molar-refractivity contribution in [3.8, 4) is 11.5 Å². The minimum absolute atomic E-state index is 0.0460. The number of rotatable bonds is 4. The van der Waals surface area contributed by atoms with E-state index in [-0.39, 0.29) is 23.4 Å². The van der Waals surface area contributed by atoms with E-state index in [4.69, 9.17) is 4.42 Å². The average molecular weight is 301 g/mol. The maximum atomic E-state index is 12.9. The number of amides is 1. The number of benzene rings is 1. The molecule has 112 valence electrons. The van der Waals surface area contributed by atoms with Gasteiger partial charge in [0.25, 0.3) is 5.91 Å². The van der Waals surface area contributed by atoms with Crippen LogP contribution < -0.4 is 5.32 Å². The molecule has 2 heterocycles. The zero-order valence-corrected chi connectivity index (χ0v) is 11.7. The molecule has 1 amide bonds. The lowest BCUT2D eigenvalue weighted by atomic mass is 10.2. The van der Waals surface area contributed by atoms with E-state index in [1.54, 1.807) is 16.9 Å². The molecule has 0 spiro atoms. The number of carbonyl (C=O) groups excluding carboxylic acids is 1. The summed E-state index contributed by atoms with van der Waals surface area (Å²) in [6, 6.07) is 7.14. The van der Waals surface area contributed by atoms with Crippen molar-refractivity contribution >= 4 is 11.9 Å². The molecule has 3 aromatic rings. The normalized spacial score (nSPS) is 10.6. The molecule has 0 aliphatic carbocycles. The molecule has 0 saturated carbocycles. The highest BCUT2D eigenvalue weighted by Gasteiger charge is 2.14. The fourth-order valence-corrected chi connectivity index (χ4v) is 1.80. The largest absolute Gasteiger partial charge is 0.403 e. The molecular formula is C14H12FN5O2. The predicted molar refractivity (Wildman–Crippen MR) is 75.5 cm³/mol. The van der Waals surface area contributed by atoms with Crippen molar-refractivity contribution < 1.29 is 13.6 Å². The zero-order valence-electron chi connectivity index (χ0n) is 11.7. The fourth-order valence-electron chi connectivity index (χ4n) is 1.80. The van der Waals surface area contributed by atoms with Crippen LogP contribution in [-0.4, -0.2) is 25.9 Å². The van der Waals surface area contributed by atoms with Crippen LogP contribution in [0.5, 0.6) is 0 Å². The second kappa shape index (κ2) is 5.76. The second-order valence-corrected chi connectivity index (χ2v) is 4.43. The molecule has 0 aliphatic rings. The number of carbonyl (C=O) groups is 1. The monoisotopic (exact) mass is 301 g/mol. The first-order chi connectivity index (χ1) is 10.7. The molecule has 0 fully saturated rings. The van der Waals surface area contributed by atoms with Crippen molar-refractivity contribution in [2.45, 2.75) is 13.5 Å². The topological polar surface area (TPSA) is 85.8 Å². The third-order valence-electron chi connectivity index (χ3n) is 2.93. The smallest absolute Gasteiger partial charge is 0.322 e. The Labute approximate surface area is 124 Å². The number of aromatic nitrogens is 4. The summed E-state index contributed by atoms with van der Waals surface area (Å²) in [7, 11) is 0. The summed E-state index contributed by atoms with van der Waals surface area (Å²) in [5.74, 6) is -0.612. The Hall–Kier alpha value is -3.03. The highest BCUT2D eigenvalue weighted by Crippen LogP contribution is 2.20. The summed E-state index contributed by atoms with van der Waals surface area (Å²) in [5.41, 5.74) is 0.813. The van der Waals surface area contributed by atoms with E-state index in [0.717, 1.165) is 0 Å². The Balaban J connectivity index is 1.73. The number of nitrogens with zero attached hydrogens (tertiary/aromatic N) is 4. The average Bonchev–Trinajstić information content (AvgIpc) is 3.17. The maximum absolute atomic E-state index is 12.9. The first-order valence-corrected chi connectivity index (χ1v) is 6.60. The van der Waals surface area contributed by atoms with Crippen molar-refractivity contribution in [2.24, 2.45) is 0 Å². The Bertz CT molecular complexity index is 794. The number of hydrogen-bond donors (Lipinski definition) is 1. The fraction of sp³-hybridized carbons (Fsp3) is 0.143. The van der Waals surface area contributed by atoms with Crippen LogP contribution in [-0.2, 0) is 6.54 Å². The van der Waals surface area contributed by atoms with Crippen molar-refractivity contribution in [3.05, 3.63) is 48.0 Å². The van der Waals surface area contributed by atoms with E-state index in [0.29, 0.717) is 12.1 Å². The molecule has 0 unspecified atom stereocenters. The number of nitrogens with one attached hydrogen (secondary N) is 1. The van der Waals surface area contributed by atoms with Gasteiger partial charge in [0.05, 0.1) is 0 Å². The van der Waals surface area contributed by atoms with Gasteiger partial charge in [-0.1, -0.05) is 5.10 Å². The summed E-state index contributed by atoms with van der Waals surface area (Å²) >= 11 is 0. The van der Waals surface area contributed by atoms with Crippen molar-refractivity contribution in [1.82, 2.24) is 20.0 Å². The van der Waals surface area contributed by atoms with Gasteiger partial charge in [0.2, 0.25) is 5.89 Å². The number of aryl methyl sites for hydroxylation is 1. The highest BCUT2D eigenvalue weighted by molar-refractivity contribution is 6.01. The third-order valence-corrected chi connectivity index (χ3v) is 2.93. The summed E-state index contributed by atoms with van der Waals surface area (Å²) in [4.78, 5) is 12.0. The lowest BCUT2D eigenvalue weighted by Crippen LogP contribution is -2.13. The van der Waals surface area contributed by atoms with Crippen molar-refractivity contribution in [2.75, 3.05) is 5.32 Å². The van der Waals surface area contributed by atoms with Crippen molar-refractivity contribution in [3.63, 3.8) is 0 Å². The van der Waals surface area contributed by atoms with Crippen LogP contribution in [0.3, 0.4) is 0 Å². The first-order valence-electron chi connectivity index (χ1n) is 6.60. The van der Waals surface area contributed by atoms with Crippen LogP contribution in [0.1, 0.15) is 17.4 Å². The molecule has 8 heteroatoms. The van der Waals surface area contributed by atoms with Crippen LogP contribution >= 0.6 is 0 Å². The van der Waals surface area contributed by atoms with Crippen LogP contribution in [0.15, 0.2) is 40.9 Å². The van der Waals surface area contributed by atoms with Crippen LogP contribution in [0.25, 0.3) is 11.5 Å². The molecular weight excluding hydrogens is 289 g/mol. The van der Waals surface area contributed by atoms with Gasteiger partial charge in [0.1, 0.15) is 5.82 Å². The minimum Gasteiger partial charge on any atom is -0.403 e. The van der Waals surface area contributed by atoms with Gasteiger partial charge in [0.15, 0.2) is 5.69 Å². The van der Waals surface area contributed by atoms with Gasteiger partial charge < -0.3 is 4.42 Å². The van der Waals surface area contributed by atoms with Gasteiger partial charge in [-0.2, -0.15) is 5.10 Å². The van der Waals surface area contributed by atoms with E-state index >= 15 is 0 Å².